The maximum absolute atomic E-state index is 5.57. The quantitative estimate of drug-likeness (QED) is 0.808. The molecule has 0 amide bonds. The van der Waals surface area contributed by atoms with E-state index >= 15 is 0 Å². The second kappa shape index (κ2) is 4.10. The Balaban J connectivity index is 2.55. The van der Waals surface area contributed by atoms with E-state index in [0.29, 0.717) is 6.54 Å². The average Bonchev–Trinajstić information content (AvgIpc) is 2.64. The molecule has 0 atom stereocenters. The van der Waals surface area contributed by atoms with E-state index in [-0.39, 0.29) is 0 Å². The van der Waals surface area contributed by atoms with Crippen molar-refractivity contribution in [3.8, 4) is 11.3 Å². The second-order valence-electron chi connectivity index (χ2n) is 4.26. The maximum Gasteiger partial charge on any atom is 0.0929 e. The van der Waals surface area contributed by atoms with Crippen LogP contribution >= 0.6 is 0 Å². The van der Waals surface area contributed by atoms with Crippen LogP contribution in [0.15, 0.2) is 18.2 Å². The molecule has 0 aliphatic carbocycles. The molecule has 3 heteroatoms. The molecule has 0 saturated heterocycles. The van der Waals surface area contributed by atoms with Crippen molar-refractivity contribution in [3.05, 3.63) is 40.6 Å². The Hall–Kier alpha value is -1.61. The number of aromatic amines is 1. The molecule has 1 aromatic carbocycles. The zero-order valence-corrected chi connectivity index (χ0v) is 9.96. The van der Waals surface area contributed by atoms with Crippen molar-refractivity contribution in [1.29, 1.82) is 0 Å². The predicted octanol–water partition coefficient (Wildman–Crippen LogP) is 2.46. The molecular weight excluding hydrogens is 198 g/mol. The maximum atomic E-state index is 5.57. The summed E-state index contributed by atoms with van der Waals surface area (Å²) in [5.74, 6) is 0. The zero-order valence-electron chi connectivity index (χ0n) is 9.96. The molecule has 0 unspecified atom stereocenters. The lowest BCUT2D eigenvalue weighted by Gasteiger charge is -2.08. The van der Waals surface area contributed by atoms with Crippen LogP contribution in [0.5, 0.6) is 0 Å². The first-order valence-corrected chi connectivity index (χ1v) is 5.44. The van der Waals surface area contributed by atoms with Gasteiger partial charge in [-0.25, -0.2) is 0 Å². The van der Waals surface area contributed by atoms with E-state index in [2.05, 4.69) is 43.1 Å². The van der Waals surface area contributed by atoms with Crippen molar-refractivity contribution in [2.75, 3.05) is 0 Å². The van der Waals surface area contributed by atoms with Crippen LogP contribution in [0.4, 0.5) is 0 Å². The third kappa shape index (κ3) is 1.86. The Morgan fingerprint density at radius 1 is 1.12 bits per heavy atom. The highest BCUT2D eigenvalue weighted by Gasteiger charge is 2.09. The van der Waals surface area contributed by atoms with E-state index in [1.165, 1.54) is 22.3 Å². The van der Waals surface area contributed by atoms with Gasteiger partial charge in [-0.2, -0.15) is 5.10 Å². The van der Waals surface area contributed by atoms with Gasteiger partial charge in [0, 0.05) is 17.8 Å². The van der Waals surface area contributed by atoms with Gasteiger partial charge >= 0.3 is 0 Å². The average molecular weight is 215 g/mol. The number of hydrogen-bond acceptors (Lipinski definition) is 2. The molecule has 2 aromatic rings. The minimum Gasteiger partial charge on any atom is -0.325 e. The highest BCUT2D eigenvalue weighted by Crippen LogP contribution is 2.27. The lowest BCUT2D eigenvalue weighted by Crippen LogP contribution is -1.95. The van der Waals surface area contributed by atoms with Gasteiger partial charge in [-0.3, -0.25) is 5.10 Å². The normalized spacial score (nSPS) is 10.8. The van der Waals surface area contributed by atoms with E-state index < -0.39 is 0 Å². The molecule has 2 rings (SSSR count). The van der Waals surface area contributed by atoms with E-state index in [1.54, 1.807) is 0 Å². The second-order valence-corrected chi connectivity index (χ2v) is 4.26. The van der Waals surface area contributed by atoms with Gasteiger partial charge in [-0.15, -0.1) is 0 Å². The van der Waals surface area contributed by atoms with Crippen LogP contribution < -0.4 is 5.73 Å². The summed E-state index contributed by atoms with van der Waals surface area (Å²) in [5.41, 5.74) is 12.5. The van der Waals surface area contributed by atoms with Crippen LogP contribution in [0.25, 0.3) is 11.3 Å². The van der Waals surface area contributed by atoms with Gasteiger partial charge < -0.3 is 5.73 Å². The first kappa shape index (κ1) is 10.9. The summed E-state index contributed by atoms with van der Waals surface area (Å²) in [7, 11) is 0. The van der Waals surface area contributed by atoms with Crippen LogP contribution in [-0.4, -0.2) is 10.2 Å². The van der Waals surface area contributed by atoms with E-state index in [9.17, 15) is 0 Å². The van der Waals surface area contributed by atoms with Crippen LogP contribution in [0.3, 0.4) is 0 Å². The van der Waals surface area contributed by atoms with Crippen molar-refractivity contribution in [2.24, 2.45) is 5.73 Å². The van der Waals surface area contributed by atoms with Crippen LogP contribution in [0, 0.1) is 20.8 Å². The topological polar surface area (TPSA) is 54.7 Å². The van der Waals surface area contributed by atoms with Gasteiger partial charge in [0.05, 0.1) is 5.69 Å². The molecule has 0 bridgehead atoms. The molecule has 0 fully saturated rings. The number of nitrogens with zero attached hydrogens (tertiary/aromatic N) is 1. The molecule has 84 valence electrons. The number of nitrogens with two attached hydrogens (primary N) is 1. The minimum absolute atomic E-state index is 0.497. The van der Waals surface area contributed by atoms with Crippen LogP contribution in [-0.2, 0) is 6.54 Å². The van der Waals surface area contributed by atoms with E-state index in [4.69, 9.17) is 5.73 Å². The summed E-state index contributed by atoms with van der Waals surface area (Å²) in [6.45, 7) is 6.84. The monoisotopic (exact) mass is 215 g/mol. The van der Waals surface area contributed by atoms with Crippen molar-refractivity contribution in [3.63, 3.8) is 0 Å². The fourth-order valence-corrected chi connectivity index (χ4v) is 2.18. The smallest absolute Gasteiger partial charge is 0.0929 e. The highest BCUT2D eigenvalue weighted by molar-refractivity contribution is 5.68. The fraction of sp³-hybridized carbons (Fsp3) is 0.308. The lowest BCUT2D eigenvalue weighted by atomic mass is 9.97. The highest BCUT2D eigenvalue weighted by atomic mass is 15.1. The molecule has 1 aromatic heterocycles. The SMILES string of the molecule is Cc1cc(C)c(-c2cc(CN)[nH]n2)c(C)c1. The Kier molecular flexibility index (Phi) is 2.79. The minimum atomic E-state index is 0.497. The van der Waals surface area contributed by atoms with Gasteiger partial charge in [-0.05, 0) is 38.0 Å². The van der Waals surface area contributed by atoms with Crippen molar-refractivity contribution >= 4 is 0 Å². The van der Waals surface area contributed by atoms with Gasteiger partial charge in [0.15, 0.2) is 0 Å². The zero-order chi connectivity index (χ0) is 11.7. The molecule has 3 N–H and O–H groups in total. The predicted molar refractivity (Wildman–Crippen MR) is 66.1 cm³/mol. The molecule has 0 saturated carbocycles. The Bertz CT molecular complexity index is 489. The van der Waals surface area contributed by atoms with Crippen molar-refractivity contribution < 1.29 is 0 Å². The molecule has 0 radical (unpaired) electrons. The first-order chi connectivity index (χ1) is 7.61. The molecule has 0 aliphatic heterocycles. The molecule has 0 aliphatic rings. The number of nitrogens with one attached hydrogen (secondary N) is 1. The molecular formula is C13H17N3. The van der Waals surface area contributed by atoms with Gasteiger partial charge in [0.1, 0.15) is 0 Å². The van der Waals surface area contributed by atoms with E-state index in [1.807, 2.05) is 6.07 Å². The number of rotatable bonds is 2. The van der Waals surface area contributed by atoms with E-state index in [0.717, 1.165) is 11.4 Å². The third-order valence-corrected chi connectivity index (χ3v) is 2.78. The molecule has 0 spiro atoms. The molecule has 3 nitrogen and oxygen atoms in total. The van der Waals surface area contributed by atoms with Gasteiger partial charge in [0.2, 0.25) is 0 Å². The summed E-state index contributed by atoms with van der Waals surface area (Å²) in [6.07, 6.45) is 0. The van der Waals surface area contributed by atoms with Crippen LogP contribution in [0.2, 0.25) is 0 Å². The Labute approximate surface area is 95.7 Å². The van der Waals surface area contributed by atoms with Gasteiger partial charge in [0.25, 0.3) is 0 Å². The van der Waals surface area contributed by atoms with Gasteiger partial charge in [-0.1, -0.05) is 17.7 Å². The van der Waals surface area contributed by atoms with Crippen molar-refractivity contribution in [2.45, 2.75) is 27.3 Å². The summed E-state index contributed by atoms with van der Waals surface area (Å²) in [4.78, 5) is 0. The number of aryl methyl sites for hydroxylation is 3. The number of benzene rings is 1. The number of hydrogen-bond donors (Lipinski definition) is 2. The molecule has 1 heterocycles. The number of H-pyrrole nitrogens is 1. The number of aromatic nitrogens is 2. The standard InChI is InChI=1S/C13H17N3/c1-8-4-9(2)13(10(3)5-8)12-6-11(7-14)15-16-12/h4-6H,7,14H2,1-3H3,(H,15,16). The van der Waals surface area contributed by atoms with Crippen LogP contribution in [0.1, 0.15) is 22.4 Å². The third-order valence-electron chi connectivity index (χ3n) is 2.78. The summed E-state index contributed by atoms with van der Waals surface area (Å²) < 4.78 is 0. The Morgan fingerprint density at radius 3 is 2.25 bits per heavy atom. The van der Waals surface area contributed by atoms with Crippen molar-refractivity contribution in [1.82, 2.24) is 10.2 Å². The Morgan fingerprint density at radius 2 is 1.75 bits per heavy atom. The summed E-state index contributed by atoms with van der Waals surface area (Å²) in [5, 5.41) is 7.25. The fourth-order valence-electron chi connectivity index (χ4n) is 2.18. The summed E-state index contributed by atoms with van der Waals surface area (Å²) >= 11 is 0. The summed E-state index contributed by atoms with van der Waals surface area (Å²) in [6, 6.07) is 6.38. The first-order valence-electron chi connectivity index (χ1n) is 5.44. The largest absolute Gasteiger partial charge is 0.325 e. The molecule has 16 heavy (non-hydrogen) atoms. The lowest BCUT2D eigenvalue weighted by molar-refractivity contribution is 0.948.